The zero-order valence-electron chi connectivity index (χ0n) is 15.6. The quantitative estimate of drug-likeness (QED) is 0.387. The third kappa shape index (κ3) is 3.91. The number of nitrogens with zero attached hydrogens (tertiary/aromatic N) is 3. The molecule has 0 bridgehead atoms. The van der Waals surface area contributed by atoms with E-state index in [0.29, 0.717) is 16.5 Å². The summed E-state index contributed by atoms with van der Waals surface area (Å²) in [6, 6.07) is 11.5. The number of methoxy groups -OCH3 is 1. The second-order valence-corrected chi connectivity index (χ2v) is 5.86. The van der Waals surface area contributed by atoms with Crippen molar-refractivity contribution in [3.63, 3.8) is 0 Å². The topological polar surface area (TPSA) is 131 Å². The molecule has 0 aliphatic carbocycles. The minimum atomic E-state index is -0.590. The molecular weight excluding hydrogens is 376 g/mol. The van der Waals surface area contributed by atoms with E-state index in [0.717, 1.165) is 0 Å². The van der Waals surface area contributed by atoms with Gasteiger partial charge in [0.2, 0.25) is 5.75 Å². The Morgan fingerprint density at radius 1 is 1.38 bits per heavy atom. The Kier molecular flexibility index (Phi) is 5.55. The van der Waals surface area contributed by atoms with Gasteiger partial charge in [-0.25, -0.2) is 4.98 Å². The van der Waals surface area contributed by atoms with E-state index in [4.69, 9.17) is 9.47 Å². The van der Waals surface area contributed by atoms with E-state index in [1.54, 1.807) is 31.2 Å². The fourth-order valence-electron chi connectivity index (χ4n) is 2.80. The monoisotopic (exact) mass is 392 g/mol. The van der Waals surface area contributed by atoms with E-state index in [-0.39, 0.29) is 40.8 Å². The standard InChI is InChI=1S/C20H16N4O5/c1-3-29-18-16(24(26)27)9-12(10-17(18)28-2)8-13(11-21)19-22-15-7-5-4-6-14(15)20(25)23-19/h4-10H,3H2,1-2H3,(H,22,23,25)/b13-8-. The molecule has 0 spiro atoms. The Morgan fingerprint density at radius 2 is 2.14 bits per heavy atom. The van der Waals surface area contributed by atoms with E-state index >= 15 is 0 Å². The summed E-state index contributed by atoms with van der Waals surface area (Å²) in [4.78, 5) is 30.0. The van der Waals surface area contributed by atoms with Crippen molar-refractivity contribution in [2.45, 2.75) is 6.92 Å². The number of benzene rings is 2. The first-order valence-corrected chi connectivity index (χ1v) is 8.59. The first-order chi connectivity index (χ1) is 14.0. The van der Waals surface area contributed by atoms with Gasteiger partial charge in [-0.2, -0.15) is 5.26 Å². The van der Waals surface area contributed by atoms with Crippen molar-refractivity contribution in [1.82, 2.24) is 9.97 Å². The Labute approximate surface area is 165 Å². The fourth-order valence-corrected chi connectivity index (χ4v) is 2.80. The average molecular weight is 392 g/mol. The predicted octanol–water partition coefficient (Wildman–Crippen LogP) is 3.30. The Morgan fingerprint density at radius 3 is 2.79 bits per heavy atom. The highest BCUT2D eigenvalue weighted by atomic mass is 16.6. The van der Waals surface area contributed by atoms with Crippen LogP contribution in [0.3, 0.4) is 0 Å². The molecule has 29 heavy (non-hydrogen) atoms. The number of nitrogens with one attached hydrogen (secondary N) is 1. The summed E-state index contributed by atoms with van der Waals surface area (Å²) in [6.45, 7) is 1.92. The number of allylic oxidation sites excluding steroid dienone is 1. The third-order valence-corrected chi connectivity index (χ3v) is 4.06. The molecule has 0 aliphatic heterocycles. The Balaban J connectivity index is 2.17. The van der Waals surface area contributed by atoms with Crippen LogP contribution in [0.15, 0.2) is 41.2 Å². The van der Waals surface area contributed by atoms with Crippen LogP contribution in [0.1, 0.15) is 18.3 Å². The molecule has 146 valence electrons. The Bertz CT molecular complexity index is 1220. The van der Waals surface area contributed by atoms with Crippen LogP contribution >= 0.6 is 0 Å². The summed E-state index contributed by atoms with van der Waals surface area (Å²) in [6.07, 6.45) is 1.39. The lowest BCUT2D eigenvalue weighted by atomic mass is 10.1. The van der Waals surface area contributed by atoms with Crippen LogP contribution in [0.25, 0.3) is 22.6 Å². The van der Waals surface area contributed by atoms with Crippen molar-refractivity contribution in [1.29, 1.82) is 5.26 Å². The lowest BCUT2D eigenvalue weighted by Gasteiger charge is -2.10. The van der Waals surface area contributed by atoms with E-state index in [2.05, 4.69) is 9.97 Å². The smallest absolute Gasteiger partial charge is 0.315 e. The van der Waals surface area contributed by atoms with Crippen LogP contribution in [-0.4, -0.2) is 28.6 Å². The first kappa shape index (κ1) is 19.6. The van der Waals surface area contributed by atoms with E-state index in [9.17, 15) is 20.2 Å². The highest BCUT2D eigenvalue weighted by molar-refractivity contribution is 5.89. The van der Waals surface area contributed by atoms with E-state index < -0.39 is 4.92 Å². The van der Waals surface area contributed by atoms with E-state index in [1.165, 1.54) is 25.3 Å². The van der Waals surface area contributed by atoms with Gasteiger partial charge >= 0.3 is 5.69 Å². The summed E-state index contributed by atoms with van der Waals surface area (Å²) >= 11 is 0. The van der Waals surface area contributed by atoms with Crippen LogP contribution in [0.4, 0.5) is 5.69 Å². The van der Waals surface area contributed by atoms with E-state index in [1.807, 2.05) is 6.07 Å². The van der Waals surface area contributed by atoms with Gasteiger partial charge in [0.25, 0.3) is 5.56 Å². The van der Waals surface area contributed by atoms with Crippen molar-refractivity contribution in [2.24, 2.45) is 0 Å². The van der Waals surface area contributed by atoms with Gasteiger partial charge in [0.1, 0.15) is 6.07 Å². The molecule has 1 aromatic heterocycles. The van der Waals surface area contributed by atoms with Gasteiger partial charge in [-0.15, -0.1) is 0 Å². The number of nitro benzene ring substituents is 1. The van der Waals surface area contributed by atoms with Crippen molar-refractivity contribution >= 4 is 28.2 Å². The molecule has 0 saturated heterocycles. The van der Waals surface area contributed by atoms with Crippen molar-refractivity contribution < 1.29 is 14.4 Å². The fraction of sp³-hybridized carbons (Fsp3) is 0.150. The summed E-state index contributed by atoms with van der Waals surface area (Å²) < 4.78 is 10.6. The minimum absolute atomic E-state index is 0.00731. The molecule has 3 aromatic rings. The molecule has 0 unspecified atom stereocenters. The molecule has 0 aliphatic rings. The lowest BCUT2D eigenvalue weighted by Crippen LogP contribution is -2.11. The third-order valence-electron chi connectivity index (χ3n) is 4.06. The van der Waals surface area contributed by atoms with Gasteiger partial charge < -0.3 is 14.5 Å². The maximum Gasteiger partial charge on any atom is 0.315 e. The average Bonchev–Trinajstić information content (AvgIpc) is 2.72. The number of fused-ring (bicyclic) bond motifs is 1. The maximum absolute atomic E-state index is 12.3. The number of aromatic amines is 1. The molecule has 1 N–H and O–H groups in total. The van der Waals surface area contributed by atoms with Gasteiger partial charge in [0.15, 0.2) is 11.6 Å². The van der Waals surface area contributed by atoms with Crippen molar-refractivity contribution in [2.75, 3.05) is 13.7 Å². The van der Waals surface area contributed by atoms with Gasteiger partial charge in [0.05, 0.1) is 35.1 Å². The molecule has 9 nitrogen and oxygen atoms in total. The molecule has 0 saturated carbocycles. The van der Waals surface area contributed by atoms with Gasteiger partial charge in [-0.1, -0.05) is 12.1 Å². The number of nitriles is 1. The number of nitro groups is 1. The van der Waals surface area contributed by atoms with Crippen LogP contribution in [-0.2, 0) is 0 Å². The Hall–Kier alpha value is -4.19. The second kappa shape index (κ2) is 8.22. The molecular formula is C20H16N4O5. The van der Waals surface area contributed by atoms with Crippen LogP contribution in [0.2, 0.25) is 0 Å². The number of rotatable bonds is 6. The molecule has 0 fully saturated rings. The number of para-hydroxylation sites is 1. The zero-order chi connectivity index (χ0) is 21.0. The molecule has 3 rings (SSSR count). The summed E-state index contributed by atoms with van der Waals surface area (Å²) in [5, 5.41) is 21.4. The number of aromatic nitrogens is 2. The highest BCUT2D eigenvalue weighted by Gasteiger charge is 2.22. The molecule has 0 amide bonds. The van der Waals surface area contributed by atoms with Crippen LogP contribution in [0.5, 0.6) is 11.5 Å². The molecule has 0 atom stereocenters. The summed E-state index contributed by atoms with van der Waals surface area (Å²) in [5.41, 5.74) is 0.108. The summed E-state index contributed by atoms with van der Waals surface area (Å²) in [7, 11) is 1.36. The molecule has 2 aromatic carbocycles. The zero-order valence-corrected chi connectivity index (χ0v) is 15.6. The first-order valence-electron chi connectivity index (χ1n) is 8.59. The number of hydrogen-bond acceptors (Lipinski definition) is 7. The molecule has 1 heterocycles. The maximum atomic E-state index is 12.3. The minimum Gasteiger partial charge on any atom is -0.493 e. The van der Waals surface area contributed by atoms with Gasteiger partial charge in [-0.3, -0.25) is 14.9 Å². The van der Waals surface area contributed by atoms with Gasteiger partial charge in [0, 0.05) is 6.07 Å². The number of hydrogen-bond donors (Lipinski definition) is 1. The van der Waals surface area contributed by atoms with Crippen LogP contribution < -0.4 is 15.0 Å². The van der Waals surface area contributed by atoms with Crippen LogP contribution in [0, 0.1) is 21.4 Å². The second-order valence-electron chi connectivity index (χ2n) is 5.86. The predicted molar refractivity (Wildman–Crippen MR) is 107 cm³/mol. The van der Waals surface area contributed by atoms with Gasteiger partial charge in [-0.05, 0) is 36.8 Å². The highest BCUT2D eigenvalue weighted by Crippen LogP contribution is 2.39. The summed E-state index contributed by atoms with van der Waals surface area (Å²) in [5.74, 6) is 0.226. The largest absolute Gasteiger partial charge is 0.493 e. The molecule has 9 heteroatoms. The number of H-pyrrole nitrogens is 1. The number of ether oxygens (including phenoxy) is 2. The lowest BCUT2D eigenvalue weighted by molar-refractivity contribution is -0.385. The normalized spacial score (nSPS) is 11.1. The van der Waals surface area contributed by atoms with Crippen molar-refractivity contribution in [3.05, 3.63) is 68.3 Å². The SMILES string of the molecule is CCOc1c(OC)cc(/C=C(/C#N)c2nc3ccccc3c(=O)[nH]2)cc1[N+](=O)[O-]. The van der Waals surface area contributed by atoms with Crippen molar-refractivity contribution in [3.8, 4) is 17.6 Å². The molecule has 0 radical (unpaired) electrons.